The van der Waals surface area contributed by atoms with Crippen LogP contribution in [0.2, 0.25) is 0 Å². The van der Waals surface area contributed by atoms with Crippen molar-refractivity contribution in [3.8, 4) is 0 Å². The highest BCUT2D eigenvalue weighted by Gasteiger charge is 2.03. The van der Waals surface area contributed by atoms with E-state index in [4.69, 9.17) is 5.73 Å². The highest BCUT2D eigenvalue weighted by atomic mass is 33.1. The molecule has 92 valence electrons. The van der Waals surface area contributed by atoms with Crippen molar-refractivity contribution in [3.63, 3.8) is 0 Å². The first-order valence-corrected chi connectivity index (χ1v) is 8.51. The molecule has 0 rings (SSSR count). The van der Waals surface area contributed by atoms with Gasteiger partial charge in [0.1, 0.15) is 0 Å². The molecule has 0 fully saturated rings. The second-order valence-electron chi connectivity index (χ2n) is 3.63. The van der Waals surface area contributed by atoms with Crippen LogP contribution >= 0.6 is 21.6 Å². The number of nitrogens with two attached hydrogens (primary N) is 1. The number of rotatable bonds is 11. The molecule has 0 bridgehead atoms. The first-order valence-electron chi connectivity index (χ1n) is 6.03. The lowest BCUT2D eigenvalue weighted by Gasteiger charge is -2.16. The maximum Gasteiger partial charge on any atom is 0.0162 e. The molecule has 0 aliphatic carbocycles. The van der Waals surface area contributed by atoms with E-state index in [9.17, 15) is 0 Å². The summed E-state index contributed by atoms with van der Waals surface area (Å²) < 4.78 is 0. The lowest BCUT2D eigenvalue weighted by atomic mass is 10.1. The largest absolute Gasteiger partial charge is 0.330 e. The van der Waals surface area contributed by atoms with E-state index in [0.717, 1.165) is 24.9 Å². The van der Waals surface area contributed by atoms with Crippen molar-refractivity contribution >= 4 is 21.6 Å². The highest BCUT2D eigenvalue weighted by Crippen LogP contribution is 2.19. The summed E-state index contributed by atoms with van der Waals surface area (Å²) >= 11 is 0. The van der Waals surface area contributed by atoms with E-state index in [1.54, 1.807) is 0 Å². The summed E-state index contributed by atoms with van der Waals surface area (Å²) in [7, 11) is 3.81. The van der Waals surface area contributed by atoms with Crippen LogP contribution in [0.5, 0.6) is 0 Å². The van der Waals surface area contributed by atoms with Crippen molar-refractivity contribution in [2.75, 3.05) is 24.6 Å². The Kier molecular flexibility index (Phi) is 13.2. The first-order chi connectivity index (χ1) is 7.35. The monoisotopic (exact) mass is 250 g/mol. The smallest absolute Gasteiger partial charge is 0.0162 e. The number of unbranched alkanes of at least 4 members (excludes halogenated alkanes) is 1. The maximum absolute atomic E-state index is 5.42. The molecule has 15 heavy (non-hydrogen) atoms. The van der Waals surface area contributed by atoms with Crippen molar-refractivity contribution in [2.24, 2.45) is 5.73 Å². The summed E-state index contributed by atoms with van der Waals surface area (Å²) in [6.07, 6.45) is 5.23. The van der Waals surface area contributed by atoms with Gasteiger partial charge < -0.3 is 11.1 Å². The van der Waals surface area contributed by atoms with Gasteiger partial charge in [-0.3, -0.25) is 0 Å². The predicted octanol–water partition coefficient (Wildman–Crippen LogP) is 2.88. The Morgan fingerprint density at radius 1 is 1.20 bits per heavy atom. The van der Waals surface area contributed by atoms with Crippen molar-refractivity contribution < 1.29 is 0 Å². The molecule has 0 saturated carbocycles. The topological polar surface area (TPSA) is 38.0 Å². The molecule has 0 amide bonds. The SMILES string of the molecule is CCCCC(CC)NCCSSCCN. The highest BCUT2D eigenvalue weighted by molar-refractivity contribution is 8.76. The summed E-state index contributed by atoms with van der Waals surface area (Å²) in [4.78, 5) is 0. The molecule has 0 heterocycles. The summed E-state index contributed by atoms with van der Waals surface area (Å²) in [5.41, 5.74) is 5.42. The molecule has 0 aliphatic rings. The molecule has 0 aromatic carbocycles. The minimum Gasteiger partial charge on any atom is -0.330 e. The van der Waals surface area contributed by atoms with Crippen LogP contribution in [0.15, 0.2) is 0 Å². The van der Waals surface area contributed by atoms with E-state index < -0.39 is 0 Å². The van der Waals surface area contributed by atoms with E-state index in [1.807, 2.05) is 21.6 Å². The van der Waals surface area contributed by atoms with Crippen molar-refractivity contribution in [3.05, 3.63) is 0 Å². The van der Waals surface area contributed by atoms with Gasteiger partial charge in [0.15, 0.2) is 0 Å². The van der Waals surface area contributed by atoms with Gasteiger partial charge in [0, 0.05) is 30.6 Å². The van der Waals surface area contributed by atoms with Crippen LogP contribution in [0, 0.1) is 0 Å². The molecule has 0 aromatic rings. The van der Waals surface area contributed by atoms with Crippen molar-refractivity contribution in [2.45, 2.75) is 45.6 Å². The standard InChI is InChI=1S/C11H26N2S2/c1-3-5-6-11(4-2)13-8-10-15-14-9-7-12/h11,13H,3-10,12H2,1-2H3. The lowest BCUT2D eigenvalue weighted by molar-refractivity contribution is 0.466. The molecule has 4 heteroatoms. The van der Waals surface area contributed by atoms with Crippen LogP contribution in [-0.2, 0) is 0 Å². The Hall–Kier alpha value is 0.620. The molecule has 0 saturated heterocycles. The minimum atomic E-state index is 0.727. The van der Waals surface area contributed by atoms with Crippen LogP contribution in [0.25, 0.3) is 0 Å². The summed E-state index contributed by atoms with van der Waals surface area (Å²) in [6, 6.07) is 0.727. The fraction of sp³-hybridized carbons (Fsp3) is 1.00. The summed E-state index contributed by atoms with van der Waals surface area (Å²) in [6.45, 7) is 6.44. The van der Waals surface area contributed by atoms with Gasteiger partial charge in [-0.2, -0.15) is 0 Å². The van der Waals surface area contributed by atoms with Crippen molar-refractivity contribution in [1.82, 2.24) is 5.32 Å². The zero-order valence-corrected chi connectivity index (χ0v) is 11.8. The van der Waals surface area contributed by atoms with Gasteiger partial charge in [0.25, 0.3) is 0 Å². The average Bonchev–Trinajstić information content (AvgIpc) is 2.27. The molecular formula is C11H26N2S2. The van der Waals surface area contributed by atoms with E-state index in [0.29, 0.717) is 0 Å². The molecular weight excluding hydrogens is 224 g/mol. The molecule has 3 N–H and O–H groups in total. The van der Waals surface area contributed by atoms with E-state index in [1.165, 1.54) is 31.4 Å². The zero-order valence-electron chi connectivity index (χ0n) is 10.1. The second-order valence-corrected chi connectivity index (χ2v) is 6.34. The maximum atomic E-state index is 5.42. The third-order valence-electron chi connectivity index (χ3n) is 2.30. The lowest BCUT2D eigenvalue weighted by Crippen LogP contribution is -2.30. The minimum absolute atomic E-state index is 0.727. The predicted molar refractivity (Wildman–Crippen MR) is 75.6 cm³/mol. The van der Waals surface area contributed by atoms with E-state index in [-0.39, 0.29) is 0 Å². The average molecular weight is 250 g/mol. The first kappa shape index (κ1) is 15.6. The molecule has 1 unspecified atom stereocenters. The number of hydrogen-bond acceptors (Lipinski definition) is 4. The quantitative estimate of drug-likeness (QED) is 0.437. The van der Waals surface area contributed by atoms with Gasteiger partial charge in [-0.1, -0.05) is 48.3 Å². The Morgan fingerprint density at radius 2 is 1.93 bits per heavy atom. The Bertz CT molecular complexity index is 123. The van der Waals surface area contributed by atoms with Gasteiger partial charge >= 0.3 is 0 Å². The van der Waals surface area contributed by atoms with Crippen LogP contribution in [0.4, 0.5) is 0 Å². The van der Waals surface area contributed by atoms with E-state index in [2.05, 4.69) is 19.2 Å². The fourth-order valence-electron chi connectivity index (χ4n) is 1.37. The van der Waals surface area contributed by atoms with Gasteiger partial charge in [0.05, 0.1) is 0 Å². The van der Waals surface area contributed by atoms with Gasteiger partial charge in [-0.05, 0) is 12.8 Å². The molecule has 2 nitrogen and oxygen atoms in total. The normalized spacial score (nSPS) is 13.0. The summed E-state index contributed by atoms with van der Waals surface area (Å²) in [5.74, 6) is 2.25. The van der Waals surface area contributed by atoms with Crippen LogP contribution in [0.1, 0.15) is 39.5 Å². The third-order valence-corrected chi connectivity index (χ3v) is 4.74. The number of nitrogens with one attached hydrogen (secondary N) is 1. The van der Waals surface area contributed by atoms with Gasteiger partial charge in [0.2, 0.25) is 0 Å². The Labute approximate surface area is 103 Å². The third kappa shape index (κ3) is 10.9. The summed E-state index contributed by atoms with van der Waals surface area (Å²) in [5, 5.41) is 3.62. The van der Waals surface area contributed by atoms with Crippen LogP contribution in [-0.4, -0.2) is 30.6 Å². The molecule has 0 aromatic heterocycles. The molecule has 0 spiro atoms. The molecule has 0 radical (unpaired) electrons. The number of hydrogen-bond donors (Lipinski definition) is 2. The van der Waals surface area contributed by atoms with Gasteiger partial charge in [-0.15, -0.1) is 0 Å². The zero-order chi connectivity index (χ0) is 11.4. The Morgan fingerprint density at radius 3 is 2.53 bits per heavy atom. The second kappa shape index (κ2) is 12.7. The van der Waals surface area contributed by atoms with Crippen LogP contribution < -0.4 is 11.1 Å². The fourth-order valence-corrected chi connectivity index (χ4v) is 3.15. The molecule has 0 aliphatic heterocycles. The van der Waals surface area contributed by atoms with Crippen LogP contribution in [0.3, 0.4) is 0 Å². The van der Waals surface area contributed by atoms with Crippen molar-refractivity contribution in [1.29, 1.82) is 0 Å². The van der Waals surface area contributed by atoms with Gasteiger partial charge in [-0.25, -0.2) is 0 Å². The van der Waals surface area contributed by atoms with E-state index >= 15 is 0 Å². The molecule has 1 atom stereocenters. The Balaban J connectivity index is 3.22.